The van der Waals surface area contributed by atoms with Gasteiger partial charge >= 0.3 is 11.9 Å². The van der Waals surface area contributed by atoms with Gasteiger partial charge in [0.05, 0.1) is 11.1 Å². The normalized spacial score (nSPS) is 10.6. The van der Waals surface area contributed by atoms with Crippen LogP contribution in [0.2, 0.25) is 0 Å². The maximum absolute atomic E-state index is 12.9. The van der Waals surface area contributed by atoms with E-state index in [0.29, 0.717) is 0 Å². The molecule has 20 heavy (non-hydrogen) atoms. The summed E-state index contributed by atoms with van der Waals surface area (Å²) < 4.78 is 51.8. The SMILES string of the molecule is O=C(O)c1c(CF)c(CF)c(C(=O)O)c(CF)c1CF. The molecular weight excluding hydrogens is 284 g/mol. The third-order valence-corrected chi connectivity index (χ3v) is 2.90. The van der Waals surface area contributed by atoms with E-state index >= 15 is 0 Å². The fourth-order valence-corrected chi connectivity index (χ4v) is 2.07. The van der Waals surface area contributed by atoms with Gasteiger partial charge < -0.3 is 10.2 Å². The van der Waals surface area contributed by atoms with Crippen LogP contribution in [0.25, 0.3) is 0 Å². The average molecular weight is 294 g/mol. The third-order valence-electron chi connectivity index (χ3n) is 2.90. The first-order valence-electron chi connectivity index (χ1n) is 5.34. The summed E-state index contributed by atoms with van der Waals surface area (Å²) in [5, 5.41) is 17.9. The van der Waals surface area contributed by atoms with Gasteiger partial charge in [-0.1, -0.05) is 0 Å². The largest absolute Gasteiger partial charge is 0.478 e. The number of halogens is 4. The Morgan fingerprint density at radius 3 is 0.950 bits per heavy atom. The van der Waals surface area contributed by atoms with Crippen molar-refractivity contribution in [3.63, 3.8) is 0 Å². The number of carboxylic acids is 2. The molecule has 0 saturated heterocycles. The third kappa shape index (κ3) is 2.45. The highest BCUT2D eigenvalue weighted by Gasteiger charge is 2.29. The van der Waals surface area contributed by atoms with Gasteiger partial charge in [-0.2, -0.15) is 0 Å². The van der Waals surface area contributed by atoms with Crippen molar-refractivity contribution in [1.29, 1.82) is 0 Å². The lowest BCUT2D eigenvalue weighted by molar-refractivity contribution is 0.0673. The van der Waals surface area contributed by atoms with Crippen molar-refractivity contribution in [3.8, 4) is 0 Å². The van der Waals surface area contributed by atoms with Gasteiger partial charge in [-0.3, -0.25) is 0 Å². The lowest BCUT2D eigenvalue weighted by Gasteiger charge is -2.18. The van der Waals surface area contributed by atoms with E-state index in [1.165, 1.54) is 0 Å². The molecule has 0 heterocycles. The molecule has 0 saturated carbocycles. The van der Waals surface area contributed by atoms with Crippen molar-refractivity contribution in [1.82, 2.24) is 0 Å². The molecule has 0 aromatic heterocycles. The van der Waals surface area contributed by atoms with Gasteiger partial charge in [0.25, 0.3) is 0 Å². The summed E-state index contributed by atoms with van der Waals surface area (Å²) in [5.74, 6) is -3.54. The monoisotopic (exact) mass is 294 g/mol. The Labute approximate surface area is 110 Å². The van der Waals surface area contributed by atoms with Crippen molar-refractivity contribution in [2.24, 2.45) is 0 Å². The summed E-state index contributed by atoms with van der Waals surface area (Å²) in [7, 11) is 0. The van der Waals surface area contributed by atoms with Crippen molar-refractivity contribution in [2.75, 3.05) is 0 Å². The number of carbonyl (C=O) groups is 2. The zero-order chi connectivity index (χ0) is 15.4. The van der Waals surface area contributed by atoms with E-state index in [4.69, 9.17) is 10.2 Å². The number of hydrogen-bond donors (Lipinski definition) is 2. The molecule has 0 fully saturated rings. The maximum Gasteiger partial charge on any atom is 0.336 e. The quantitative estimate of drug-likeness (QED) is 0.791. The predicted octanol–water partition coefficient (Wildman–Crippen LogP) is 2.96. The minimum absolute atomic E-state index is 0.776. The first-order chi connectivity index (χ1) is 9.44. The van der Waals surface area contributed by atoms with Gasteiger partial charge in [-0.25, -0.2) is 27.2 Å². The molecule has 0 unspecified atom stereocenters. The van der Waals surface area contributed by atoms with E-state index in [-0.39, 0.29) is 0 Å². The van der Waals surface area contributed by atoms with Crippen molar-refractivity contribution in [3.05, 3.63) is 33.4 Å². The molecule has 2 N–H and O–H groups in total. The van der Waals surface area contributed by atoms with Crippen molar-refractivity contribution < 1.29 is 37.4 Å². The molecule has 4 nitrogen and oxygen atoms in total. The topological polar surface area (TPSA) is 74.6 Å². The first kappa shape index (κ1) is 15.9. The van der Waals surface area contributed by atoms with E-state index in [9.17, 15) is 27.2 Å². The Morgan fingerprint density at radius 2 is 0.850 bits per heavy atom. The number of rotatable bonds is 6. The first-order valence-corrected chi connectivity index (χ1v) is 5.34. The fourth-order valence-electron chi connectivity index (χ4n) is 2.07. The lowest BCUT2D eigenvalue weighted by Crippen LogP contribution is -2.18. The summed E-state index contributed by atoms with van der Waals surface area (Å²) in [5.41, 5.74) is -4.94. The Kier molecular flexibility index (Phi) is 5.06. The molecule has 0 amide bonds. The van der Waals surface area contributed by atoms with Crippen LogP contribution in [-0.4, -0.2) is 22.2 Å². The van der Waals surface area contributed by atoms with Crippen molar-refractivity contribution in [2.45, 2.75) is 26.7 Å². The zero-order valence-electron chi connectivity index (χ0n) is 10.1. The standard InChI is InChI=1S/C12H10F4O4/c13-1-5-6(2-14)10(12(19)20)8(4-16)7(3-15)9(5)11(17)18/h1-4H2,(H,17,18)(H,19,20). The van der Waals surface area contributed by atoms with E-state index in [0.717, 1.165) is 0 Å². The smallest absolute Gasteiger partial charge is 0.336 e. The molecule has 0 bridgehead atoms. The van der Waals surface area contributed by atoms with E-state index in [2.05, 4.69) is 0 Å². The maximum atomic E-state index is 12.9. The van der Waals surface area contributed by atoms with Gasteiger partial charge in [0, 0.05) is 22.3 Å². The summed E-state index contributed by atoms with van der Waals surface area (Å²) in [6, 6.07) is 0. The van der Waals surface area contributed by atoms with Gasteiger partial charge in [0.15, 0.2) is 0 Å². The molecule has 0 aliphatic heterocycles. The Morgan fingerprint density at radius 1 is 0.650 bits per heavy atom. The number of aromatic carboxylic acids is 2. The average Bonchev–Trinajstić information content (AvgIpc) is 2.42. The van der Waals surface area contributed by atoms with Crippen LogP contribution >= 0.6 is 0 Å². The Hall–Kier alpha value is -2.12. The molecular formula is C12H10F4O4. The number of alkyl halides is 4. The Balaban J connectivity index is 3.98. The van der Waals surface area contributed by atoms with E-state index in [1.807, 2.05) is 0 Å². The second-order valence-corrected chi connectivity index (χ2v) is 3.81. The van der Waals surface area contributed by atoms with Crippen LogP contribution in [0.5, 0.6) is 0 Å². The summed E-state index contributed by atoms with van der Waals surface area (Å²) >= 11 is 0. The predicted molar refractivity (Wildman–Crippen MR) is 59.6 cm³/mol. The minimum Gasteiger partial charge on any atom is -0.478 e. The molecule has 1 rings (SSSR count). The number of hydrogen-bond acceptors (Lipinski definition) is 2. The molecule has 0 aliphatic carbocycles. The lowest BCUT2D eigenvalue weighted by atomic mass is 9.87. The van der Waals surface area contributed by atoms with E-state index < -0.39 is 72.0 Å². The highest BCUT2D eigenvalue weighted by Crippen LogP contribution is 2.32. The molecule has 1 aromatic carbocycles. The Bertz CT molecular complexity index is 475. The molecule has 1 aromatic rings. The van der Waals surface area contributed by atoms with Gasteiger partial charge in [0.1, 0.15) is 26.7 Å². The van der Waals surface area contributed by atoms with Crippen LogP contribution in [0, 0.1) is 0 Å². The summed E-state index contributed by atoms with van der Waals surface area (Å²) in [6.45, 7) is -6.00. The van der Waals surface area contributed by atoms with Crippen LogP contribution in [0.15, 0.2) is 0 Å². The second kappa shape index (κ2) is 6.36. The molecule has 0 aliphatic rings. The van der Waals surface area contributed by atoms with Crippen LogP contribution in [0.1, 0.15) is 43.0 Å². The van der Waals surface area contributed by atoms with Crippen LogP contribution in [0.4, 0.5) is 17.6 Å². The molecule has 110 valence electrons. The molecule has 0 radical (unpaired) electrons. The van der Waals surface area contributed by atoms with Crippen LogP contribution in [-0.2, 0) is 26.7 Å². The number of carboxylic acid groups (broad SMARTS) is 2. The van der Waals surface area contributed by atoms with Crippen molar-refractivity contribution >= 4 is 11.9 Å². The van der Waals surface area contributed by atoms with E-state index in [1.54, 1.807) is 0 Å². The fraction of sp³-hybridized carbons (Fsp3) is 0.333. The van der Waals surface area contributed by atoms with Crippen LogP contribution in [0.3, 0.4) is 0 Å². The second-order valence-electron chi connectivity index (χ2n) is 3.81. The molecule has 0 atom stereocenters. The molecule has 0 spiro atoms. The summed E-state index contributed by atoms with van der Waals surface area (Å²) in [6.07, 6.45) is 0. The number of benzene rings is 1. The summed E-state index contributed by atoms with van der Waals surface area (Å²) in [4.78, 5) is 22.1. The van der Waals surface area contributed by atoms with Gasteiger partial charge in [-0.15, -0.1) is 0 Å². The minimum atomic E-state index is -1.77. The van der Waals surface area contributed by atoms with Gasteiger partial charge in [0.2, 0.25) is 0 Å². The highest BCUT2D eigenvalue weighted by atomic mass is 19.1. The van der Waals surface area contributed by atoms with Gasteiger partial charge in [-0.05, 0) is 0 Å². The zero-order valence-corrected chi connectivity index (χ0v) is 10.1. The molecule has 8 heteroatoms. The van der Waals surface area contributed by atoms with Crippen LogP contribution < -0.4 is 0 Å². The highest BCUT2D eigenvalue weighted by molar-refractivity contribution is 5.98.